The van der Waals surface area contributed by atoms with E-state index in [0.29, 0.717) is 10.9 Å². The van der Waals surface area contributed by atoms with Crippen LogP contribution in [-0.4, -0.2) is 24.7 Å². The van der Waals surface area contributed by atoms with Crippen molar-refractivity contribution in [3.05, 3.63) is 95.4 Å². The van der Waals surface area contributed by atoms with Crippen molar-refractivity contribution in [3.8, 4) is 0 Å². The van der Waals surface area contributed by atoms with E-state index in [0.717, 1.165) is 24.5 Å². The van der Waals surface area contributed by atoms with E-state index in [4.69, 9.17) is 12.2 Å². The first-order valence-corrected chi connectivity index (χ1v) is 10.2. The monoisotopic (exact) mass is 416 g/mol. The largest absolute Gasteiger partial charge is 0.330 e. The summed E-state index contributed by atoms with van der Waals surface area (Å²) >= 11 is 5.45. The average Bonchev–Trinajstić information content (AvgIpc) is 3.30. The predicted molar refractivity (Wildman–Crippen MR) is 125 cm³/mol. The third kappa shape index (κ3) is 4.93. The van der Waals surface area contributed by atoms with Crippen LogP contribution in [0.1, 0.15) is 22.4 Å². The third-order valence-electron chi connectivity index (χ3n) is 4.88. The van der Waals surface area contributed by atoms with Crippen molar-refractivity contribution < 1.29 is 0 Å². The number of aryl methyl sites for hydroxylation is 2. The Morgan fingerprint density at radius 2 is 1.73 bits per heavy atom. The molecule has 4 rings (SSSR count). The van der Waals surface area contributed by atoms with Crippen LogP contribution in [0.2, 0.25) is 0 Å². The van der Waals surface area contributed by atoms with Crippen LogP contribution in [0.25, 0.3) is 0 Å². The lowest BCUT2D eigenvalue weighted by atomic mass is 10.1. The fourth-order valence-corrected chi connectivity index (χ4v) is 3.47. The van der Waals surface area contributed by atoms with Gasteiger partial charge in [-0.15, -0.1) is 0 Å². The van der Waals surface area contributed by atoms with E-state index in [1.807, 2.05) is 58.9 Å². The zero-order valence-electron chi connectivity index (χ0n) is 17.0. The van der Waals surface area contributed by atoms with E-state index in [1.165, 1.54) is 16.7 Å². The highest BCUT2D eigenvalue weighted by atomic mass is 32.1. The minimum atomic E-state index is 0.481. The predicted octanol–water partition coefficient (Wildman–Crippen LogP) is 4.60. The quantitative estimate of drug-likeness (QED) is 0.450. The van der Waals surface area contributed by atoms with Gasteiger partial charge in [0.1, 0.15) is 0 Å². The second-order valence-corrected chi connectivity index (χ2v) is 7.65. The normalized spacial score (nSPS) is 10.7. The summed E-state index contributed by atoms with van der Waals surface area (Å²) in [5.41, 5.74) is 5.60. The smallest absolute Gasteiger partial charge is 0.176 e. The number of rotatable bonds is 6. The van der Waals surface area contributed by atoms with Crippen molar-refractivity contribution in [3.63, 3.8) is 0 Å². The van der Waals surface area contributed by atoms with Gasteiger partial charge in [0.25, 0.3) is 0 Å². The highest BCUT2D eigenvalue weighted by Gasteiger charge is 2.08. The molecule has 0 unspecified atom stereocenters. The summed E-state index contributed by atoms with van der Waals surface area (Å²) in [6.45, 7) is 5.58. The molecule has 152 valence electrons. The molecule has 2 aromatic heterocycles. The molecule has 0 atom stereocenters. The van der Waals surface area contributed by atoms with Gasteiger partial charge in [-0.3, -0.25) is 9.36 Å². The molecular formula is C23H24N6S. The lowest BCUT2D eigenvalue weighted by Gasteiger charge is -2.07. The summed E-state index contributed by atoms with van der Waals surface area (Å²) in [5, 5.41) is 15.9. The topological polar surface area (TPSA) is 59.7 Å². The number of nitrogens with one attached hydrogen (secondary N) is 2. The first-order valence-electron chi connectivity index (χ1n) is 9.80. The fourth-order valence-electron chi connectivity index (χ4n) is 3.24. The summed E-state index contributed by atoms with van der Waals surface area (Å²) in [6.07, 6.45) is 3.71. The first kappa shape index (κ1) is 19.8. The van der Waals surface area contributed by atoms with Gasteiger partial charge in [0.2, 0.25) is 0 Å². The molecule has 0 aliphatic rings. The Hall–Kier alpha value is -3.45. The zero-order chi connectivity index (χ0) is 20.9. The molecule has 2 N–H and O–H groups in total. The van der Waals surface area contributed by atoms with Crippen LogP contribution in [0.15, 0.2) is 73.1 Å². The zero-order valence-corrected chi connectivity index (χ0v) is 17.9. The second-order valence-electron chi connectivity index (χ2n) is 7.25. The van der Waals surface area contributed by atoms with Crippen molar-refractivity contribution in [2.24, 2.45) is 0 Å². The molecule has 2 aromatic carbocycles. The standard InChI is InChI=1S/C23H24N6S/c1-17-8-6-7-11-20(17)15-28-16-21(13-24-28)25-23(30)26-22-12-18(2)29(27-22)14-19-9-4-3-5-10-19/h3-13,16H,14-15H2,1-2H3,(H2,25,26,27,30). The number of nitrogens with zero attached hydrogens (tertiary/aromatic N) is 4. The van der Waals surface area contributed by atoms with Gasteiger partial charge in [-0.05, 0) is 42.8 Å². The SMILES string of the molecule is Cc1ccccc1Cn1cc(NC(=S)Nc2cc(C)n(Cc3ccccc3)n2)cn1. The van der Waals surface area contributed by atoms with Gasteiger partial charge in [0.15, 0.2) is 10.9 Å². The molecule has 4 aromatic rings. The number of aromatic nitrogens is 4. The second kappa shape index (κ2) is 8.92. The molecule has 0 aliphatic heterocycles. The number of hydrogen-bond acceptors (Lipinski definition) is 3. The van der Waals surface area contributed by atoms with Gasteiger partial charge >= 0.3 is 0 Å². The van der Waals surface area contributed by atoms with Crippen molar-refractivity contribution >= 4 is 28.8 Å². The first-order chi connectivity index (χ1) is 14.6. The Kier molecular flexibility index (Phi) is 5.90. The van der Waals surface area contributed by atoms with E-state index in [-0.39, 0.29) is 0 Å². The van der Waals surface area contributed by atoms with Gasteiger partial charge in [-0.1, -0.05) is 54.6 Å². The Labute approximate surface area is 181 Å². The van der Waals surface area contributed by atoms with E-state index in [2.05, 4.69) is 52.0 Å². The number of benzene rings is 2. The number of hydrogen-bond donors (Lipinski definition) is 2. The summed E-state index contributed by atoms with van der Waals surface area (Å²) in [6, 6.07) is 20.6. The summed E-state index contributed by atoms with van der Waals surface area (Å²) in [4.78, 5) is 0. The maximum Gasteiger partial charge on any atom is 0.176 e. The molecule has 2 heterocycles. The Bertz CT molecular complexity index is 1150. The highest BCUT2D eigenvalue weighted by Crippen LogP contribution is 2.14. The molecule has 0 saturated carbocycles. The van der Waals surface area contributed by atoms with Crippen LogP contribution >= 0.6 is 12.2 Å². The molecule has 0 radical (unpaired) electrons. The summed E-state index contributed by atoms with van der Waals surface area (Å²) in [5.74, 6) is 0.716. The van der Waals surface area contributed by atoms with Crippen LogP contribution in [0.4, 0.5) is 11.5 Å². The fraction of sp³-hybridized carbons (Fsp3) is 0.174. The third-order valence-corrected chi connectivity index (χ3v) is 5.09. The minimum absolute atomic E-state index is 0.481. The Balaban J connectivity index is 1.36. The van der Waals surface area contributed by atoms with Crippen LogP contribution in [0.5, 0.6) is 0 Å². The van der Waals surface area contributed by atoms with E-state index >= 15 is 0 Å². The van der Waals surface area contributed by atoms with E-state index in [1.54, 1.807) is 6.20 Å². The summed E-state index contributed by atoms with van der Waals surface area (Å²) < 4.78 is 3.85. The van der Waals surface area contributed by atoms with Gasteiger partial charge in [-0.2, -0.15) is 10.2 Å². The molecule has 0 saturated heterocycles. The maximum atomic E-state index is 5.45. The maximum absolute atomic E-state index is 5.45. The molecule has 0 bridgehead atoms. The molecule has 0 fully saturated rings. The number of thiocarbonyl (C=S) groups is 1. The van der Waals surface area contributed by atoms with Gasteiger partial charge < -0.3 is 10.6 Å². The van der Waals surface area contributed by atoms with E-state index < -0.39 is 0 Å². The molecule has 30 heavy (non-hydrogen) atoms. The van der Waals surface area contributed by atoms with Crippen molar-refractivity contribution in [2.45, 2.75) is 26.9 Å². The van der Waals surface area contributed by atoms with Gasteiger partial charge in [-0.25, -0.2) is 0 Å². The van der Waals surface area contributed by atoms with Crippen molar-refractivity contribution in [1.82, 2.24) is 19.6 Å². The average molecular weight is 417 g/mol. The minimum Gasteiger partial charge on any atom is -0.330 e. The Morgan fingerprint density at radius 1 is 0.967 bits per heavy atom. The number of anilines is 2. The van der Waals surface area contributed by atoms with Crippen molar-refractivity contribution in [1.29, 1.82) is 0 Å². The lowest BCUT2D eigenvalue weighted by Crippen LogP contribution is -2.19. The molecule has 0 spiro atoms. The molecule has 6 nitrogen and oxygen atoms in total. The molecule has 0 aliphatic carbocycles. The van der Waals surface area contributed by atoms with Gasteiger partial charge in [0, 0.05) is 18.0 Å². The lowest BCUT2D eigenvalue weighted by molar-refractivity contribution is 0.668. The van der Waals surface area contributed by atoms with Crippen LogP contribution < -0.4 is 10.6 Å². The molecule has 7 heteroatoms. The molecular weight excluding hydrogens is 392 g/mol. The summed E-state index contributed by atoms with van der Waals surface area (Å²) in [7, 11) is 0. The highest BCUT2D eigenvalue weighted by molar-refractivity contribution is 7.80. The van der Waals surface area contributed by atoms with E-state index in [9.17, 15) is 0 Å². The van der Waals surface area contributed by atoms with Crippen LogP contribution in [-0.2, 0) is 13.1 Å². The van der Waals surface area contributed by atoms with Gasteiger partial charge in [0.05, 0.1) is 25.0 Å². The van der Waals surface area contributed by atoms with Crippen LogP contribution in [0.3, 0.4) is 0 Å². The van der Waals surface area contributed by atoms with Crippen molar-refractivity contribution in [2.75, 3.05) is 10.6 Å². The van der Waals surface area contributed by atoms with Crippen LogP contribution in [0, 0.1) is 13.8 Å². The molecule has 0 amide bonds. The Morgan fingerprint density at radius 3 is 2.53 bits per heavy atom.